The number of ketones is 1. The number of halogens is 2. The van der Waals surface area contributed by atoms with E-state index in [-0.39, 0.29) is 24.3 Å². The number of Topliss-reactive ketones (excluding diaryl/α,β-unsaturated/α-hetero) is 1. The number of ether oxygens (including phenoxy) is 1. The molecule has 2 aromatic rings. The first-order valence-electron chi connectivity index (χ1n) is 17.3. The van der Waals surface area contributed by atoms with Crippen LogP contribution in [0.1, 0.15) is 88.7 Å². The molecule has 49 heavy (non-hydrogen) atoms. The summed E-state index contributed by atoms with van der Waals surface area (Å²) in [6, 6.07) is 13.6. The van der Waals surface area contributed by atoms with Gasteiger partial charge in [0.25, 0.3) is 11.8 Å². The van der Waals surface area contributed by atoms with Gasteiger partial charge in [0.2, 0.25) is 11.7 Å². The maximum atomic E-state index is 14.6. The van der Waals surface area contributed by atoms with Crippen LogP contribution in [0.5, 0.6) is 0 Å². The number of rotatable bonds is 14. The molecular weight excluding hydrogens is 667 g/mol. The van der Waals surface area contributed by atoms with Gasteiger partial charge in [-0.25, -0.2) is 4.79 Å². The Morgan fingerprint density at radius 1 is 0.959 bits per heavy atom. The van der Waals surface area contributed by atoms with E-state index in [1.165, 1.54) is 0 Å². The molecule has 3 fully saturated rings. The van der Waals surface area contributed by atoms with E-state index in [2.05, 4.69) is 29.8 Å². The summed E-state index contributed by atoms with van der Waals surface area (Å²) in [6.45, 7) is 4.58. The molecule has 2 aliphatic carbocycles. The van der Waals surface area contributed by atoms with E-state index >= 15 is 0 Å². The molecule has 3 aliphatic rings. The molecule has 0 aromatic heterocycles. The fourth-order valence-electron chi connectivity index (χ4n) is 7.79. The number of nitrogens with one attached hydrogen (secondary N) is 3. The largest absolute Gasteiger partial charge is 0.436 e. The first-order valence-corrected chi connectivity index (χ1v) is 18.0. The van der Waals surface area contributed by atoms with E-state index in [0.29, 0.717) is 23.0 Å². The quantitative estimate of drug-likeness (QED) is 0.188. The maximum absolute atomic E-state index is 14.6. The Labute approximate surface area is 297 Å². The predicted octanol–water partition coefficient (Wildman–Crippen LogP) is 5.57. The van der Waals surface area contributed by atoms with Crippen LogP contribution in [0.2, 0.25) is 10.0 Å². The van der Waals surface area contributed by atoms with Gasteiger partial charge in [0.05, 0.1) is 6.04 Å². The van der Waals surface area contributed by atoms with Gasteiger partial charge in [0.15, 0.2) is 6.10 Å². The van der Waals surface area contributed by atoms with E-state index in [4.69, 9.17) is 33.7 Å². The highest BCUT2D eigenvalue weighted by atomic mass is 35.5. The third kappa shape index (κ3) is 9.14. The fourth-order valence-corrected chi connectivity index (χ4v) is 8.10. The minimum atomic E-state index is -1.43. The lowest BCUT2D eigenvalue weighted by molar-refractivity contribution is -0.143. The lowest BCUT2D eigenvalue weighted by atomic mass is 9.59. The molecule has 0 bridgehead atoms. The molecule has 2 unspecified atom stereocenters. The fraction of sp³-hybridized carbons (Fsp3) is 0.541. The second-order valence-electron chi connectivity index (χ2n) is 14.3. The summed E-state index contributed by atoms with van der Waals surface area (Å²) in [6.07, 6.45) is 3.81. The summed E-state index contributed by atoms with van der Waals surface area (Å²) in [5, 5.41) is 9.33. The van der Waals surface area contributed by atoms with Crippen molar-refractivity contribution in [1.29, 1.82) is 0 Å². The Hall–Kier alpha value is -3.63. The van der Waals surface area contributed by atoms with Crippen LogP contribution in [0.4, 0.5) is 4.79 Å². The number of nitrogens with two attached hydrogens (primary N) is 1. The molecule has 0 spiro atoms. The third-order valence-corrected chi connectivity index (χ3v) is 10.9. The lowest BCUT2D eigenvalue weighted by Gasteiger charge is -2.46. The molecule has 10 nitrogen and oxygen atoms in total. The Bertz CT molecular complexity index is 1540. The van der Waals surface area contributed by atoms with Gasteiger partial charge in [-0.2, -0.15) is 0 Å². The van der Waals surface area contributed by atoms with Crippen molar-refractivity contribution >= 4 is 52.8 Å². The zero-order valence-electron chi connectivity index (χ0n) is 28.0. The predicted molar refractivity (Wildman–Crippen MR) is 187 cm³/mol. The summed E-state index contributed by atoms with van der Waals surface area (Å²) in [4.78, 5) is 66.4. The SMILES string of the molecule is CC(C)(c1cccc(Cl)c1)C(c1ccc(Cl)cc1)C(C1CCCCC1)[C@H](OC(N)=O)C(=O)N[C@@H](C[C@@H]1CCNC1=O)C(=O)C(=O)NC1CC1. The van der Waals surface area contributed by atoms with Gasteiger partial charge < -0.3 is 26.4 Å². The van der Waals surface area contributed by atoms with Crippen LogP contribution in [0.25, 0.3) is 0 Å². The Kier molecular flexibility index (Phi) is 11.9. The smallest absolute Gasteiger partial charge is 0.405 e. The van der Waals surface area contributed by atoms with Gasteiger partial charge in [-0.05, 0) is 72.4 Å². The third-order valence-electron chi connectivity index (χ3n) is 10.5. The van der Waals surface area contributed by atoms with E-state index in [1.807, 2.05) is 30.3 Å². The number of amides is 4. The second kappa shape index (κ2) is 15.9. The molecule has 12 heteroatoms. The first-order chi connectivity index (χ1) is 23.3. The van der Waals surface area contributed by atoms with Crippen molar-refractivity contribution in [2.75, 3.05) is 6.54 Å². The Morgan fingerprint density at radius 3 is 2.24 bits per heavy atom. The topological polar surface area (TPSA) is 157 Å². The van der Waals surface area contributed by atoms with Gasteiger partial charge in [0, 0.05) is 40.4 Å². The molecule has 5 rings (SSSR count). The minimum absolute atomic E-state index is 0.0689. The average Bonchev–Trinajstić information content (AvgIpc) is 3.80. The van der Waals surface area contributed by atoms with Crippen LogP contribution in [-0.4, -0.2) is 54.3 Å². The number of primary amides is 1. The van der Waals surface area contributed by atoms with Crippen molar-refractivity contribution < 1.29 is 28.7 Å². The molecule has 2 aromatic carbocycles. The Morgan fingerprint density at radius 2 is 1.65 bits per heavy atom. The van der Waals surface area contributed by atoms with Crippen LogP contribution in [-0.2, 0) is 29.3 Å². The average molecular weight is 714 g/mol. The normalized spacial score (nSPS) is 20.7. The van der Waals surface area contributed by atoms with Crippen LogP contribution >= 0.6 is 23.2 Å². The molecule has 1 saturated heterocycles. The van der Waals surface area contributed by atoms with Crippen LogP contribution in [0, 0.1) is 17.8 Å². The second-order valence-corrected chi connectivity index (χ2v) is 15.2. The molecule has 4 amide bonds. The molecule has 0 radical (unpaired) electrons. The zero-order valence-corrected chi connectivity index (χ0v) is 29.5. The van der Waals surface area contributed by atoms with Gasteiger partial charge in [-0.15, -0.1) is 0 Å². The van der Waals surface area contributed by atoms with Crippen LogP contribution in [0.15, 0.2) is 48.5 Å². The van der Waals surface area contributed by atoms with Crippen molar-refractivity contribution in [3.05, 3.63) is 69.7 Å². The van der Waals surface area contributed by atoms with E-state index < -0.39 is 59.0 Å². The molecule has 1 heterocycles. The number of hydrogen-bond donors (Lipinski definition) is 4. The first kappa shape index (κ1) is 36.6. The molecule has 5 atom stereocenters. The van der Waals surface area contributed by atoms with Crippen molar-refractivity contribution in [2.45, 2.75) is 101 Å². The minimum Gasteiger partial charge on any atom is -0.436 e. The van der Waals surface area contributed by atoms with Crippen LogP contribution in [0.3, 0.4) is 0 Å². The van der Waals surface area contributed by atoms with E-state index in [9.17, 15) is 24.0 Å². The molecule has 264 valence electrons. The Balaban J connectivity index is 1.59. The molecule has 5 N–H and O–H groups in total. The molecule has 2 saturated carbocycles. The van der Waals surface area contributed by atoms with E-state index in [0.717, 1.165) is 56.1 Å². The molecule has 1 aliphatic heterocycles. The van der Waals surface area contributed by atoms with Gasteiger partial charge in [0.1, 0.15) is 0 Å². The summed E-state index contributed by atoms with van der Waals surface area (Å²) < 4.78 is 5.80. The van der Waals surface area contributed by atoms with Gasteiger partial charge in [-0.1, -0.05) is 93.4 Å². The number of carbonyl (C=O) groups is 5. The molecular formula is C37H46Cl2N4O6. The number of hydrogen-bond acceptors (Lipinski definition) is 6. The van der Waals surface area contributed by atoms with Crippen molar-refractivity contribution in [1.82, 2.24) is 16.0 Å². The van der Waals surface area contributed by atoms with Crippen LogP contribution < -0.4 is 21.7 Å². The van der Waals surface area contributed by atoms with Gasteiger partial charge >= 0.3 is 6.09 Å². The highest BCUT2D eigenvalue weighted by Gasteiger charge is 2.49. The van der Waals surface area contributed by atoms with Gasteiger partial charge in [-0.3, -0.25) is 19.2 Å². The summed E-state index contributed by atoms with van der Waals surface area (Å²) in [5.41, 5.74) is 6.79. The van der Waals surface area contributed by atoms with Crippen molar-refractivity contribution in [3.63, 3.8) is 0 Å². The van der Waals surface area contributed by atoms with Crippen molar-refractivity contribution in [2.24, 2.45) is 23.5 Å². The highest BCUT2D eigenvalue weighted by Crippen LogP contribution is 2.51. The monoisotopic (exact) mass is 712 g/mol. The van der Waals surface area contributed by atoms with Crippen molar-refractivity contribution in [3.8, 4) is 0 Å². The summed E-state index contributed by atoms with van der Waals surface area (Å²) in [7, 11) is 0. The maximum Gasteiger partial charge on any atom is 0.405 e. The zero-order chi connectivity index (χ0) is 35.3. The number of benzene rings is 2. The highest BCUT2D eigenvalue weighted by molar-refractivity contribution is 6.38. The summed E-state index contributed by atoms with van der Waals surface area (Å²) in [5.74, 6) is -4.35. The standard InChI is InChI=1S/C37H46Cl2N4O6/c1-37(2,24-9-6-10-26(39)20-24)30(22-11-13-25(38)14-12-22)29(21-7-4-3-5-8-21)32(49-36(40)48)35(47)43-28(19-23-17-18-41-33(23)45)31(44)34(46)42-27-15-16-27/h6,9-14,20-21,23,27-30,32H,3-5,7-8,15-19H2,1-2H3,(H2,40,48)(H,41,45)(H,42,46)(H,43,47)/t23-,28-,29?,30?,32-/m0/s1. The summed E-state index contributed by atoms with van der Waals surface area (Å²) >= 11 is 12.8. The lowest BCUT2D eigenvalue weighted by Crippen LogP contribution is -2.56. The number of carbonyl (C=O) groups excluding carboxylic acids is 5. The van der Waals surface area contributed by atoms with E-state index in [1.54, 1.807) is 18.2 Å².